The smallest absolute Gasteiger partial charge is 0.270 e. The molecule has 0 radical (unpaired) electrons. The monoisotopic (exact) mass is 187 g/mol. The van der Waals surface area contributed by atoms with Crippen molar-refractivity contribution in [1.29, 1.82) is 0 Å². The van der Waals surface area contributed by atoms with E-state index < -0.39 is 5.24 Å². The Morgan fingerprint density at radius 1 is 1.64 bits per heavy atom. The second kappa shape index (κ2) is 3.74. The molecule has 0 unspecified atom stereocenters. The lowest BCUT2D eigenvalue weighted by molar-refractivity contribution is 0.107. The minimum atomic E-state index is -0.516. The fourth-order valence-corrected chi connectivity index (χ4v) is 1.09. The quantitative estimate of drug-likeness (QED) is 0.525. The van der Waals surface area contributed by atoms with E-state index in [2.05, 4.69) is 4.98 Å². The summed E-state index contributed by atoms with van der Waals surface area (Å²) in [5, 5.41) is -0.516. The first kappa shape index (κ1) is 8.56. The van der Waals surface area contributed by atoms with Crippen molar-refractivity contribution in [2.24, 2.45) is 0 Å². The summed E-state index contributed by atoms with van der Waals surface area (Å²) in [7, 11) is 0. The summed E-state index contributed by atoms with van der Waals surface area (Å²) < 4.78 is 0. The topological polar surface area (TPSA) is 30.0 Å². The summed E-state index contributed by atoms with van der Waals surface area (Å²) in [5.41, 5.74) is 0.296. The van der Waals surface area contributed by atoms with Gasteiger partial charge in [-0.1, -0.05) is 0 Å². The fraction of sp³-hybridized carbons (Fsp3) is 0.143. The van der Waals surface area contributed by atoms with E-state index in [1.54, 1.807) is 24.0 Å². The van der Waals surface area contributed by atoms with Gasteiger partial charge in [0.05, 0.1) is 0 Å². The second-order valence-electron chi connectivity index (χ2n) is 1.86. The van der Waals surface area contributed by atoms with Crippen LogP contribution in [0.25, 0.3) is 0 Å². The van der Waals surface area contributed by atoms with Gasteiger partial charge in [-0.15, -0.1) is 11.8 Å². The molecule has 1 rings (SSSR count). The van der Waals surface area contributed by atoms with Gasteiger partial charge >= 0.3 is 0 Å². The molecule has 0 aromatic carbocycles. The van der Waals surface area contributed by atoms with Crippen LogP contribution in [0.4, 0.5) is 0 Å². The van der Waals surface area contributed by atoms with Crippen molar-refractivity contribution in [3.05, 3.63) is 24.0 Å². The summed E-state index contributed by atoms with van der Waals surface area (Å²) >= 11 is 6.76. The number of halogens is 1. The predicted molar refractivity (Wildman–Crippen MR) is 46.2 cm³/mol. The fourth-order valence-electron chi connectivity index (χ4n) is 0.617. The molecule has 0 aliphatic heterocycles. The van der Waals surface area contributed by atoms with E-state index in [0.29, 0.717) is 5.69 Å². The molecular weight excluding hydrogens is 182 g/mol. The van der Waals surface area contributed by atoms with Gasteiger partial charge in [-0.25, -0.2) is 0 Å². The van der Waals surface area contributed by atoms with E-state index in [-0.39, 0.29) is 0 Å². The number of thioether (sulfide) groups is 1. The third-order valence-corrected chi connectivity index (χ3v) is 2.08. The number of nitrogens with zero attached hydrogens (tertiary/aromatic N) is 1. The van der Waals surface area contributed by atoms with Crippen LogP contribution in [-0.4, -0.2) is 16.5 Å². The largest absolute Gasteiger partial charge is 0.274 e. The third-order valence-electron chi connectivity index (χ3n) is 1.17. The number of hydrogen-bond acceptors (Lipinski definition) is 3. The molecule has 0 spiro atoms. The van der Waals surface area contributed by atoms with Gasteiger partial charge in [-0.2, -0.15) is 0 Å². The van der Waals surface area contributed by atoms with Gasteiger partial charge < -0.3 is 0 Å². The number of carbonyl (C=O) groups excluding carboxylic acids is 1. The van der Waals surface area contributed by atoms with E-state index in [1.165, 1.54) is 0 Å². The average Bonchev–Trinajstić information content (AvgIpc) is 2.05. The minimum absolute atomic E-state index is 0.296. The number of carbonyl (C=O) groups is 1. The molecule has 1 heterocycles. The lowest BCUT2D eigenvalue weighted by Gasteiger charge is -1.94. The van der Waals surface area contributed by atoms with Gasteiger partial charge in [-0.05, 0) is 30.0 Å². The lowest BCUT2D eigenvalue weighted by Crippen LogP contribution is -1.92. The van der Waals surface area contributed by atoms with E-state index >= 15 is 0 Å². The van der Waals surface area contributed by atoms with Crippen molar-refractivity contribution in [2.75, 3.05) is 6.26 Å². The molecular formula is C7H6ClNOS. The van der Waals surface area contributed by atoms with Crippen LogP contribution in [0.3, 0.4) is 0 Å². The second-order valence-corrected chi connectivity index (χ2v) is 3.08. The van der Waals surface area contributed by atoms with Crippen LogP contribution in [-0.2, 0) is 0 Å². The molecule has 0 bridgehead atoms. The van der Waals surface area contributed by atoms with Gasteiger partial charge in [-0.3, -0.25) is 9.78 Å². The molecule has 0 saturated heterocycles. The van der Waals surface area contributed by atoms with Crippen molar-refractivity contribution in [2.45, 2.75) is 4.90 Å². The molecule has 0 amide bonds. The Labute approximate surface area is 74.0 Å². The predicted octanol–water partition coefficient (Wildman–Crippen LogP) is 2.18. The van der Waals surface area contributed by atoms with Gasteiger partial charge in [0.25, 0.3) is 5.24 Å². The zero-order chi connectivity index (χ0) is 8.27. The minimum Gasteiger partial charge on any atom is -0.274 e. The first-order chi connectivity index (χ1) is 5.24. The Hall–Kier alpha value is -0.540. The van der Waals surface area contributed by atoms with Crippen LogP contribution in [0.2, 0.25) is 0 Å². The summed E-state index contributed by atoms with van der Waals surface area (Å²) in [6.07, 6.45) is 3.57. The zero-order valence-electron chi connectivity index (χ0n) is 5.87. The molecule has 1 aromatic rings. The lowest BCUT2D eigenvalue weighted by atomic mass is 10.4. The highest BCUT2D eigenvalue weighted by molar-refractivity contribution is 7.98. The number of hydrogen-bond donors (Lipinski definition) is 0. The molecule has 0 aliphatic carbocycles. The third kappa shape index (κ3) is 2.20. The van der Waals surface area contributed by atoms with Gasteiger partial charge in [0.15, 0.2) is 0 Å². The summed E-state index contributed by atoms with van der Waals surface area (Å²) in [4.78, 5) is 15.4. The number of aromatic nitrogens is 1. The van der Waals surface area contributed by atoms with Gasteiger partial charge in [0.2, 0.25) is 0 Å². The molecule has 4 heteroatoms. The van der Waals surface area contributed by atoms with E-state index in [0.717, 1.165) is 4.90 Å². The Morgan fingerprint density at radius 3 is 2.73 bits per heavy atom. The molecule has 0 N–H and O–H groups in total. The van der Waals surface area contributed by atoms with Crippen LogP contribution in [0.1, 0.15) is 10.5 Å². The molecule has 0 saturated carbocycles. The summed E-state index contributed by atoms with van der Waals surface area (Å²) in [6, 6.07) is 3.43. The summed E-state index contributed by atoms with van der Waals surface area (Å²) in [6.45, 7) is 0. The average molecular weight is 188 g/mol. The highest BCUT2D eigenvalue weighted by atomic mass is 35.5. The molecule has 0 fully saturated rings. The molecule has 0 atom stereocenters. The Morgan fingerprint density at radius 2 is 2.36 bits per heavy atom. The van der Waals surface area contributed by atoms with Gasteiger partial charge in [0, 0.05) is 11.1 Å². The van der Waals surface area contributed by atoms with Gasteiger partial charge in [0.1, 0.15) is 5.69 Å². The van der Waals surface area contributed by atoms with Crippen molar-refractivity contribution in [1.82, 2.24) is 4.98 Å². The number of pyridine rings is 1. The highest BCUT2D eigenvalue weighted by Crippen LogP contribution is 2.13. The Bertz CT molecular complexity index is 260. The van der Waals surface area contributed by atoms with Crippen molar-refractivity contribution >= 4 is 28.6 Å². The maximum Gasteiger partial charge on any atom is 0.270 e. The Kier molecular flexibility index (Phi) is 2.91. The van der Waals surface area contributed by atoms with Crippen LogP contribution >= 0.6 is 23.4 Å². The zero-order valence-corrected chi connectivity index (χ0v) is 7.45. The van der Waals surface area contributed by atoms with Crippen molar-refractivity contribution in [3.63, 3.8) is 0 Å². The molecule has 58 valence electrons. The molecule has 11 heavy (non-hydrogen) atoms. The van der Waals surface area contributed by atoms with E-state index in [4.69, 9.17) is 11.6 Å². The van der Waals surface area contributed by atoms with Crippen LogP contribution in [0.5, 0.6) is 0 Å². The van der Waals surface area contributed by atoms with Crippen molar-refractivity contribution in [3.8, 4) is 0 Å². The standard InChI is InChI=1S/C7H6ClNOS/c1-11-5-2-3-6(7(8)10)9-4-5/h2-4H,1H3. The number of rotatable bonds is 2. The van der Waals surface area contributed by atoms with Crippen LogP contribution < -0.4 is 0 Å². The van der Waals surface area contributed by atoms with Crippen LogP contribution in [0, 0.1) is 0 Å². The maximum atomic E-state index is 10.5. The normalized spacial score (nSPS) is 9.64. The first-order valence-electron chi connectivity index (χ1n) is 2.94. The van der Waals surface area contributed by atoms with E-state index in [9.17, 15) is 4.79 Å². The maximum absolute atomic E-state index is 10.5. The van der Waals surface area contributed by atoms with Crippen LogP contribution in [0.15, 0.2) is 23.2 Å². The highest BCUT2D eigenvalue weighted by Gasteiger charge is 2.01. The van der Waals surface area contributed by atoms with E-state index in [1.807, 2.05) is 12.3 Å². The Balaban J connectivity index is 2.91. The molecule has 1 aromatic heterocycles. The molecule has 2 nitrogen and oxygen atoms in total. The van der Waals surface area contributed by atoms with Crippen molar-refractivity contribution < 1.29 is 4.79 Å². The first-order valence-corrected chi connectivity index (χ1v) is 4.54. The summed E-state index contributed by atoms with van der Waals surface area (Å²) in [5.74, 6) is 0. The SMILES string of the molecule is CSc1ccc(C(=O)Cl)nc1. The molecule has 0 aliphatic rings.